The van der Waals surface area contributed by atoms with Gasteiger partial charge in [0, 0.05) is 0 Å². The quantitative estimate of drug-likeness (QED) is 0.727. The van der Waals surface area contributed by atoms with Gasteiger partial charge in [-0.25, -0.2) is 13.4 Å². The van der Waals surface area contributed by atoms with E-state index in [-0.39, 0.29) is 10.6 Å². The molecule has 5 nitrogen and oxygen atoms in total. The molecule has 0 aliphatic carbocycles. The number of fused-ring (bicyclic) bond motifs is 1. The van der Waals surface area contributed by atoms with Gasteiger partial charge < -0.3 is 5.73 Å². The minimum Gasteiger partial charge on any atom is -0.398 e. The SMILES string of the molecule is Cc1nc2ccc(NS(=O)(=O)c3ccccc3N)cc2s1. The number of hydrogen-bond acceptors (Lipinski definition) is 5. The van der Waals surface area contributed by atoms with Crippen LogP contribution >= 0.6 is 11.3 Å². The smallest absolute Gasteiger partial charge is 0.263 e. The number of rotatable bonds is 3. The Hall–Kier alpha value is -2.12. The second-order valence-corrected chi connectivity index (χ2v) is 7.44. The molecule has 0 saturated heterocycles. The molecule has 0 amide bonds. The number of benzene rings is 2. The molecule has 2 aromatic carbocycles. The molecule has 3 rings (SSSR count). The van der Waals surface area contributed by atoms with Crippen LogP contribution < -0.4 is 10.5 Å². The van der Waals surface area contributed by atoms with Crippen LogP contribution in [0.25, 0.3) is 10.2 Å². The van der Waals surface area contributed by atoms with Gasteiger partial charge in [0.2, 0.25) is 0 Å². The van der Waals surface area contributed by atoms with Gasteiger partial charge in [-0.1, -0.05) is 12.1 Å². The number of aromatic nitrogens is 1. The number of anilines is 2. The summed E-state index contributed by atoms with van der Waals surface area (Å²) in [6, 6.07) is 11.6. The van der Waals surface area contributed by atoms with E-state index < -0.39 is 10.0 Å². The second kappa shape index (κ2) is 5.01. The normalized spacial score (nSPS) is 11.7. The molecule has 0 radical (unpaired) electrons. The summed E-state index contributed by atoms with van der Waals surface area (Å²) < 4.78 is 28.2. The molecular weight excluding hydrogens is 306 g/mol. The molecule has 0 atom stereocenters. The number of aryl methyl sites for hydroxylation is 1. The average Bonchev–Trinajstić information content (AvgIpc) is 2.78. The Labute approximate surface area is 126 Å². The summed E-state index contributed by atoms with van der Waals surface area (Å²) in [5.41, 5.74) is 7.30. The van der Waals surface area contributed by atoms with Gasteiger partial charge >= 0.3 is 0 Å². The highest BCUT2D eigenvalue weighted by Crippen LogP contribution is 2.27. The molecular formula is C14H13N3O2S2. The topological polar surface area (TPSA) is 85.1 Å². The third-order valence-corrected chi connectivity index (χ3v) is 5.34. The predicted octanol–water partition coefficient (Wildman–Crippen LogP) is 2.99. The van der Waals surface area contributed by atoms with Crippen molar-refractivity contribution in [3.05, 3.63) is 47.5 Å². The lowest BCUT2D eigenvalue weighted by Crippen LogP contribution is -2.14. The Bertz CT molecular complexity index is 917. The fourth-order valence-electron chi connectivity index (χ4n) is 2.04. The van der Waals surface area contributed by atoms with Gasteiger partial charge in [-0.2, -0.15) is 0 Å². The van der Waals surface area contributed by atoms with E-state index >= 15 is 0 Å². The maximum absolute atomic E-state index is 12.4. The molecule has 1 aromatic heterocycles. The van der Waals surface area contributed by atoms with Crippen molar-refractivity contribution in [1.82, 2.24) is 4.98 Å². The van der Waals surface area contributed by atoms with Crippen molar-refractivity contribution >= 4 is 43.0 Å². The van der Waals surface area contributed by atoms with Gasteiger partial charge in [0.1, 0.15) is 4.90 Å². The molecule has 0 bridgehead atoms. The fraction of sp³-hybridized carbons (Fsp3) is 0.0714. The number of nitrogen functional groups attached to an aromatic ring is 1. The van der Waals surface area contributed by atoms with Crippen molar-refractivity contribution in [3.8, 4) is 0 Å². The first kappa shape index (κ1) is 13.8. The minimum absolute atomic E-state index is 0.0746. The van der Waals surface area contributed by atoms with E-state index in [2.05, 4.69) is 9.71 Å². The minimum atomic E-state index is -3.70. The lowest BCUT2D eigenvalue weighted by Gasteiger charge is -2.09. The number of nitrogens with two attached hydrogens (primary N) is 1. The van der Waals surface area contributed by atoms with Crippen molar-refractivity contribution in [2.24, 2.45) is 0 Å². The summed E-state index contributed by atoms with van der Waals surface area (Å²) in [6.07, 6.45) is 0. The highest BCUT2D eigenvalue weighted by atomic mass is 32.2. The number of sulfonamides is 1. The van der Waals surface area contributed by atoms with Crippen LogP contribution in [0.3, 0.4) is 0 Å². The van der Waals surface area contributed by atoms with Crippen molar-refractivity contribution in [3.63, 3.8) is 0 Å². The molecule has 0 fully saturated rings. The van der Waals surface area contributed by atoms with E-state index in [1.54, 1.807) is 36.4 Å². The van der Waals surface area contributed by atoms with Gasteiger partial charge in [0.05, 0.1) is 26.6 Å². The summed E-state index contributed by atoms with van der Waals surface area (Å²) in [4.78, 5) is 4.42. The van der Waals surface area contributed by atoms with E-state index in [1.165, 1.54) is 17.4 Å². The first-order valence-corrected chi connectivity index (χ1v) is 8.50. The van der Waals surface area contributed by atoms with E-state index in [0.717, 1.165) is 15.2 Å². The monoisotopic (exact) mass is 319 g/mol. The molecule has 108 valence electrons. The second-order valence-electron chi connectivity index (χ2n) is 4.56. The van der Waals surface area contributed by atoms with Crippen LogP contribution in [0.1, 0.15) is 5.01 Å². The third kappa shape index (κ3) is 2.70. The van der Waals surface area contributed by atoms with Crippen molar-refractivity contribution in [2.75, 3.05) is 10.5 Å². The van der Waals surface area contributed by atoms with Crippen molar-refractivity contribution < 1.29 is 8.42 Å². The molecule has 0 aliphatic rings. The van der Waals surface area contributed by atoms with Crippen LogP contribution in [0, 0.1) is 6.92 Å². The van der Waals surface area contributed by atoms with E-state index in [9.17, 15) is 8.42 Å². The molecule has 0 aliphatic heterocycles. The zero-order valence-electron chi connectivity index (χ0n) is 11.2. The number of hydrogen-bond donors (Lipinski definition) is 2. The maximum atomic E-state index is 12.4. The average molecular weight is 319 g/mol. The van der Waals surface area contributed by atoms with E-state index in [0.29, 0.717) is 5.69 Å². The lowest BCUT2D eigenvalue weighted by molar-refractivity contribution is 0.601. The van der Waals surface area contributed by atoms with E-state index in [1.807, 2.05) is 6.92 Å². The largest absolute Gasteiger partial charge is 0.398 e. The van der Waals surface area contributed by atoms with Gasteiger partial charge in [-0.3, -0.25) is 4.72 Å². The molecule has 0 unspecified atom stereocenters. The number of para-hydroxylation sites is 1. The van der Waals surface area contributed by atoms with Crippen LogP contribution in [0.5, 0.6) is 0 Å². The summed E-state index contributed by atoms with van der Waals surface area (Å²) in [5, 5.41) is 0.942. The Kier molecular flexibility index (Phi) is 3.30. The Morgan fingerprint density at radius 2 is 1.95 bits per heavy atom. The lowest BCUT2D eigenvalue weighted by atomic mass is 10.3. The first-order valence-electron chi connectivity index (χ1n) is 6.20. The standard InChI is InChI=1S/C14H13N3O2S2/c1-9-16-12-7-6-10(8-13(12)20-9)17-21(18,19)14-5-3-2-4-11(14)15/h2-8,17H,15H2,1H3. The highest BCUT2D eigenvalue weighted by Gasteiger charge is 2.17. The zero-order chi connectivity index (χ0) is 15.0. The Balaban J connectivity index is 1.99. The van der Waals surface area contributed by atoms with Crippen LogP contribution in [0.2, 0.25) is 0 Å². The molecule has 0 saturated carbocycles. The summed E-state index contributed by atoms with van der Waals surface area (Å²) in [5.74, 6) is 0. The third-order valence-electron chi connectivity index (χ3n) is 2.96. The fourth-order valence-corrected chi connectivity index (χ4v) is 4.09. The number of thiazole rings is 1. The number of nitrogens with zero attached hydrogens (tertiary/aromatic N) is 1. The van der Waals surface area contributed by atoms with Gasteiger partial charge in [-0.15, -0.1) is 11.3 Å². The van der Waals surface area contributed by atoms with Crippen LogP contribution in [-0.2, 0) is 10.0 Å². The van der Waals surface area contributed by atoms with Gasteiger partial charge in [-0.05, 0) is 37.3 Å². The molecule has 3 N–H and O–H groups in total. The Morgan fingerprint density at radius 3 is 2.71 bits per heavy atom. The summed E-state index contributed by atoms with van der Waals surface area (Å²) >= 11 is 1.52. The van der Waals surface area contributed by atoms with E-state index in [4.69, 9.17) is 5.73 Å². The highest BCUT2D eigenvalue weighted by molar-refractivity contribution is 7.92. The molecule has 0 spiro atoms. The van der Waals surface area contributed by atoms with Crippen LogP contribution in [-0.4, -0.2) is 13.4 Å². The zero-order valence-corrected chi connectivity index (χ0v) is 12.8. The van der Waals surface area contributed by atoms with Gasteiger partial charge in [0.25, 0.3) is 10.0 Å². The molecule has 21 heavy (non-hydrogen) atoms. The molecule has 7 heteroatoms. The molecule has 1 heterocycles. The Morgan fingerprint density at radius 1 is 1.19 bits per heavy atom. The summed E-state index contributed by atoms with van der Waals surface area (Å²) in [7, 11) is -3.70. The number of nitrogens with one attached hydrogen (secondary N) is 1. The summed E-state index contributed by atoms with van der Waals surface area (Å²) in [6.45, 7) is 1.92. The first-order chi connectivity index (χ1) is 9.95. The van der Waals surface area contributed by atoms with Crippen molar-refractivity contribution in [2.45, 2.75) is 11.8 Å². The van der Waals surface area contributed by atoms with Crippen LogP contribution in [0.15, 0.2) is 47.4 Å². The molecule has 3 aromatic rings. The maximum Gasteiger partial charge on any atom is 0.263 e. The van der Waals surface area contributed by atoms with Crippen LogP contribution in [0.4, 0.5) is 11.4 Å². The van der Waals surface area contributed by atoms with Gasteiger partial charge in [0.15, 0.2) is 0 Å². The van der Waals surface area contributed by atoms with Crippen molar-refractivity contribution in [1.29, 1.82) is 0 Å². The predicted molar refractivity (Wildman–Crippen MR) is 86.0 cm³/mol.